The molecule has 31 heavy (non-hydrogen) atoms. The molecule has 1 amide bonds. The molecule has 0 radical (unpaired) electrons. The predicted molar refractivity (Wildman–Crippen MR) is 111 cm³/mol. The second kappa shape index (κ2) is 7.25. The molecule has 1 spiro atoms. The zero-order valence-electron chi connectivity index (χ0n) is 17.1. The molecule has 5 rings (SSSR count). The Kier molecular flexibility index (Phi) is 4.64. The normalized spacial score (nSPS) is 17.9. The first-order chi connectivity index (χ1) is 14.9. The van der Waals surface area contributed by atoms with Crippen molar-refractivity contribution in [1.82, 2.24) is 10.2 Å². The number of benzene rings is 2. The zero-order valence-corrected chi connectivity index (χ0v) is 17.1. The molecule has 2 saturated heterocycles. The first-order valence-corrected chi connectivity index (χ1v) is 10.2. The van der Waals surface area contributed by atoms with Gasteiger partial charge in [0.2, 0.25) is 0 Å². The van der Waals surface area contributed by atoms with E-state index in [1.54, 1.807) is 12.1 Å². The summed E-state index contributed by atoms with van der Waals surface area (Å²) in [5, 5.41) is 23.3. The van der Waals surface area contributed by atoms with Crippen LogP contribution in [0.3, 0.4) is 0 Å². The minimum atomic E-state index is -0.811. The van der Waals surface area contributed by atoms with Gasteiger partial charge >= 0.3 is 0 Å². The Morgan fingerprint density at radius 3 is 2.65 bits per heavy atom. The third-order valence-corrected chi connectivity index (χ3v) is 6.32. The van der Waals surface area contributed by atoms with Crippen molar-refractivity contribution in [3.63, 3.8) is 0 Å². The summed E-state index contributed by atoms with van der Waals surface area (Å²) in [6, 6.07) is 6.98. The molecule has 0 saturated carbocycles. The molecule has 1 aromatic heterocycles. The van der Waals surface area contributed by atoms with E-state index in [0.29, 0.717) is 28.6 Å². The lowest BCUT2D eigenvalue weighted by Crippen LogP contribution is -2.44. The number of carbonyl (C=O) groups is 1. The number of rotatable bonds is 4. The van der Waals surface area contributed by atoms with Crippen molar-refractivity contribution in [1.29, 1.82) is 0 Å². The highest BCUT2D eigenvalue weighted by Gasteiger charge is 2.44. The highest BCUT2D eigenvalue weighted by atomic mass is 19.1. The van der Waals surface area contributed by atoms with Gasteiger partial charge in [0.1, 0.15) is 17.1 Å². The van der Waals surface area contributed by atoms with Gasteiger partial charge in [0.25, 0.3) is 5.91 Å². The van der Waals surface area contributed by atoms with E-state index in [2.05, 4.69) is 10.2 Å². The van der Waals surface area contributed by atoms with Gasteiger partial charge in [-0.3, -0.25) is 9.69 Å². The van der Waals surface area contributed by atoms with Crippen LogP contribution < -0.4 is 5.32 Å². The number of ether oxygens (including phenoxy) is 1. The monoisotopic (exact) mass is 426 g/mol. The van der Waals surface area contributed by atoms with Crippen molar-refractivity contribution in [2.75, 3.05) is 33.4 Å². The molecule has 2 fully saturated rings. The molecule has 2 aliphatic heterocycles. The van der Waals surface area contributed by atoms with E-state index >= 15 is 0 Å². The van der Waals surface area contributed by atoms with Gasteiger partial charge in [-0.25, -0.2) is 4.39 Å². The molecule has 0 atom stereocenters. The summed E-state index contributed by atoms with van der Waals surface area (Å²) in [6.07, 6.45) is 1.04. The molecular weight excluding hydrogens is 403 g/mol. The number of carbonyl (C=O) groups excluding carboxylic acids is 1. The van der Waals surface area contributed by atoms with Crippen LogP contribution in [0.2, 0.25) is 0 Å². The number of fused-ring (bicyclic) bond motifs is 1. The molecule has 8 heteroatoms. The number of likely N-dealkylation sites (tertiary alicyclic amines) is 1. The number of halogens is 1. The Morgan fingerprint density at radius 1 is 1.23 bits per heavy atom. The lowest BCUT2D eigenvalue weighted by atomic mass is 9.85. The molecular formula is C23H23FN2O5. The first kappa shape index (κ1) is 19.8. The minimum absolute atomic E-state index is 0.0766. The van der Waals surface area contributed by atoms with E-state index in [0.717, 1.165) is 38.8 Å². The molecule has 3 heterocycles. The Balaban J connectivity index is 1.64. The maximum atomic E-state index is 14.0. The van der Waals surface area contributed by atoms with Crippen LogP contribution in [-0.4, -0.2) is 54.4 Å². The fraction of sp³-hybridized carbons (Fsp3) is 0.348. The summed E-state index contributed by atoms with van der Waals surface area (Å²) in [6.45, 7) is 3.71. The Bertz CT molecular complexity index is 1180. The molecule has 0 bridgehead atoms. The minimum Gasteiger partial charge on any atom is -0.508 e. The number of hydrogen-bond acceptors (Lipinski definition) is 6. The average Bonchev–Trinajstić information content (AvgIpc) is 3.34. The van der Waals surface area contributed by atoms with E-state index in [4.69, 9.17) is 9.15 Å². The standard InChI is InChI=1S/C23H23FN2O5/c1-25-22(29)20-19-14(9-26-7-6-23(10-26)11-30-12-23)16(27)4-5-18(19)31-21(20)13-2-3-17(28)15(24)8-13/h2-5,8,27-28H,6-7,9-12H2,1H3,(H,25,29). The van der Waals surface area contributed by atoms with Crippen molar-refractivity contribution >= 4 is 16.9 Å². The Morgan fingerprint density at radius 2 is 2.00 bits per heavy atom. The van der Waals surface area contributed by atoms with Gasteiger partial charge in [0.15, 0.2) is 11.6 Å². The second-order valence-electron chi connectivity index (χ2n) is 8.44. The van der Waals surface area contributed by atoms with Gasteiger partial charge in [-0.15, -0.1) is 0 Å². The number of aromatic hydroxyl groups is 2. The maximum Gasteiger partial charge on any atom is 0.255 e. The zero-order chi connectivity index (χ0) is 21.8. The fourth-order valence-electron chi connectivity index (χ4n) is 4.61. The van der Waals surface area contributed by atoms with Crippen molar-refractivity contribution in [3.05, 3.63) is 47.3 Å². The molecule has 2 aromatic carbocycles. The van der Waals surface area contributed by atoms with Crippen LogP contribution in [0.1, 0.15) is 22.3 Å². The van der Waals surface area contributed by atoms with Crippen LogP contribution in [0, 0.1) is 11.2 Å². The SMILES string of the molecule is CNC(=O)c1c(-c2ccc(O)c(F)c2)oc2ccc(O)c(CN3CCC4(COC4)C3)c12. The van der Waals surface area contributed by atoms with Crippen molar-refractivity contribution < 1.29 is 28.6 Å². The number of amides is 1. The van der Waals surface area contributed by atoms with E-state index in [9.17, 15) is 19.4 Å². The lowest BCUT2D eigenvalue weighted by molar-refractivity contribution is -0.105. The molecule has 162 valence electrons. The number of furan rings is 1. The van der Waals surface area contributed by atoms with E-state index in [1.165, 1.54) is 19.2 Å². The van der Waals surface area contributed by atoms with Crippen LogP contribution in [0.4, 0.5) is 4.39 Å². The lowest BCUT2D eigenvalue weighted by Gasteiger charge is -2.37. The summed E-state index contributed by atoms with van der Waals surface area (Å²) < 4.78 is 25.4. The highest BCUT2D eigenvalue weighted by molar-refractivity contribution is 6.12. The topological polar surface area (TPSA) is 95.2 Å². The van der Waals surface area contributed by atoms with Crippen molar-refractivity contribution in [2.45, 2.75) is 13.0 Å². The predicted octanol–water partition coefficient (Wildman–Crippen LogP) is 3.23. The number of phenols is 2. The summed E-state index contributed by atoms with van der Waals surface area (Å²) in [4.78, 5) is 15.1. The molecule has 2 aliphatic rings. The van der Waals surface area contributed by atoms with Crippen molar-refractivity contribution in [3.8, 4) is 22.8 Å². The third-order valence-electron chi connectivity index (χ3n) is 6.32. The first-order valence-electron chi connectivity index (χ1n) is 10.2. The van der Waals surface area contributed by atoms with E-state index in [-0.39, 0.29) is 22.5 Å². The largest absolute Gasteiger partial charge is 0.508 e. The smallest absolute Gasteiger partial charge is 0.255 e. The van der Waals surface area contributed by atoms with E-state index in [1.807, 2.05) is 0 Å². The van der Waals surface area contributed by atoms with Gasteiger partial charge in [-0.05, 0) is 43.3 Å². The average molecular weight is 426 g/mol. The number of nitrogens with zero attached hydrogens (tertiary/aromatic N) is 1. The maximum absolute atomic E-state index is 14.0. The Hall–Kier alpha value is -3.10. The quantitative estimate of drug-likeness (QED) is 0.593. The van der Waals surface area contributed by atoms with Crippen molar-refractivity contribution in [2.24, 2.45) is 5.41 Å². The number of nitrogens with one attached hydrogen (secondary N) is 1. The molecule has 3 N–H and O–H groups in total. The molecule has 7 nitrogen and oxygen atoms in total. The number of hydrogen-bond donors (Lipinski definition) is 3. The van der Waals surface area contributed by atoms with Gasteiger partial charge in [-0.1, -0.05) is 0 Å². The van der Waals surface area contributed by atoms with Crippen LogP contribution in [0.5, 0.6) is 11.5 Å². The second-order valence-corrected chi connectivity index (χ2v) is 8.44. The Labute approximate surface area is 178 Å². The third kappa shape index (κ3) is 3.23. The summed E-state index contributed by atoms with van der Waals surface area (Å²) in [7, 11) is 1.51. The summed E-state index contributed by atoms with van der Waals surface area (Å²) in [5.41, 5.74) is 1.77. The molecule has 0 aliphatic carbocycles. The highest BCUT2D eigenvalue weighted by Crippen LogP contribution is 2.42. The molecule has 3 aromatic rings. The fourth-order valence-corrected chi connectivity index (χ4v) is 4.61. The van der Waals surface area contributed by atoms with Gasteiger partial charge < -0.3 is 24.7 Å². The van der Waals surface area contributed by atoms with Crippen LogP contribution >= 0.6 is 0 Å². The van der Waals surface area contributed by atoms with Crippen LogP contribution in [0.25, 0.3) is 22.3 Å². The number of phenolic OH excluding ortho intramolecular Hbond substituents is 2. The van der Waals surface area contributed by atoms with Gasteiger partial charge in [-0.2, -0.15) is 0 Å². The van der Waals surface area contributed by atoms with Gasteiger partial charge in [0.05, 0.1) is 18.8 Å². The van der Waals surface area contributed by atoms with E-state index < -0.39 is 17.5 Å². The van der Waals surface area contributed by atoms with Gasteiger partial charge in [0, 0.05) is 42.1 Å². The van der Waals surface area contributed by atoms with Crippen LogP contribution in [-0.2, 0) is 11.3 Å². The van der Waals surface area contributed by atoms with Crippen LogP contribution in [0.15, 0.2) is 34.7 Å². The summed E-state index contributed by atoms with van der Waals surface area (Å²) in [5.74, 6) is -1.44. The summed E-state index contributed by atoms with van der Waals surface area (Å²) >= 11 is 0. The molecule has 0 unspecified atom stereocenters.